The minimum Gasteiger partial charge on any atom is -0.481 e. The van der Waals surface area contributed by atoms with Gasteiger partial charge in [0.1, 0.15) is 11.6 Å². The molecule has 6 nitrogen and oxygen atoms in total. The molecule has 1 amide bonds. The molecule has 0 aliphatic heterocycles. The van der Waals surface area contributed by atoms with Gasteiger partial charge in [0.05, 0.1) is 23.3 Å². The third-order valence-electron chi connectivity index (χ3n) is 4.08. The molecule has 0 unspecified atom stereocenters. The highest BCUT2D eigenvalue weighted by molar-refractivity contribution is 5.81. The fourth-order valence-corrected chi connectivity index (χ4v) is 2.80. The van der Waals surface area contributed by atoms with Crippen molar-refractivity contribution in [2.75, 3.05) is 6.61 Å². The summed E-state index contributed by atoms with van der Waals surface area (Å²) < 4.78 is 7.59. The molecular formula is C19H21N3O3. The molecule has 1 heterocycles. The zero-order valence-corrected chi connectivity index (χ0v) is 14.3. The number of carbonyl (C=O) groups is 1. The summed E-state index contributed by atoms with van der Waals surface area (Å²) in [6.45, 7) is 3.63. The molecule has 3 rings (SSSR count). The Morgan fingerprint density at radius 2 is 2.08 bits per heavy atom. The summed E-state index contributed by atoms with van der Waals surface area (Å²) in [4.78, 5) is 15.9. The number of ether oxygens (including phenoxy) is 1. The SMILES string of the molecule is Cc1cccc2c1nc(CCO)n2-c1cccc(O[C@@H](C)C(N)=O)c1. The van der Waals surface area contributed by atoms with Crippen LogP contribution in [0.5, 0.6) is 5.75 Å². The van der Waals surface area contributed by atoms with Crippen LogP contribution in [0.1, 0.15) is 18.3 Å². The average molecular weight is 339 g/mol. The second-order valence-electron chi connectivity index (χ2n) is 5.94. The van der Waals surface area contributed by atoms with Gasteiger partial charge in [0.15, 0.2) is 6.10 Å². The number of aliphatic hydroxyl groups excluding tert-OH is 1. The first-order valence-electron chi connectivity index (χ1n) is 8.15. The topological polar surface area (TPSA) is 90.4 Å². The summed E-state index contributed by atoms with van der Waals surface area (Å²) in [7, 11) is 0. The number of hydrogen-bond acceptors (Lipinski definition) is 4. The number of nitrogens with zero attached hydrogens (tertiary/aromatic N) is 2. The average Bonchev–Trinajstić information content (AvgIpc) is 2.95. The van der Waals surface area contributed by atoms with Crippen molar-refractivity contribution >= 4 is 16.9 Å². The maximum atomic E-state index is 11.2. The Labute approximate surface area is 145 Å². The second-order valence-corrected chi connectivity index (χ2v) is 5.94. The van der Waals surface area contributed by atoms with E-state index >= 15 is 0 Å². The fourth-order valence-electron chi connectivity index (χ4n) is 2.80. The van der Waals surface area contributed by atoms with E-state index in [1.165, 1.54) is 0 Å². The molecule has 0 spiro atoms. The molecule has 1 atom stereocenters. The Morgan fingerprint density at radius 3 is 2.80 bits per heavy atom. The number of fused-ring (bicyclic) bond motifs is 1. The minimum atomic E-state index is -0.714. The van der Waals surface area contributed by atoms with Gasteiger partial charge in [-0.1, -0.05) is 18.2 Å². The zero-order chi connectivity index (χ0) is 18.0. The van der Waals surface area contributed by atoms with Crippen LogP contribution < -0.4 is 10.5 Å². The van der Waals surface area contributed by atoms with Crippen LogP contribution in [0.4, 0.5) is 0 Å². The highest BCUT2D eigenvalue weighted by atomic mass is 16.5. The number of hydrogen-bond donors (Lipinski definition) is 2. The maximum Gasteiger partial charge on any atom is 0.258 e. The Bertz CT molecular complexity index is 917. The van der Waals surface area contributed by atoms with Gasteiger partial charge in [-0.05, 0) is 37.6 Å². The largest absolute Gasteiger partial charge is 0.481 e. The van der Waals surface area contributed by atoms with Crippen LogP contribution in [0, 0.1) is 6.92 Å². The lowest BCUT2D eigenvalue weighted by atomic mass is 10.2. The highest BCUT2D eigenvalue weighted by Gasteiger charge is 2.15. The molecule has 0 aliphatic carbocycles. The summed E-state index contributed by atoms with van der Waals surface area (Å²) in [6, 6.07) is 13.4. The number of carbonyl (C=O) groups excluding carboxylic acids is 1. The molecule has 6 heteroatoms. The normalized spacial score (nSPS) is 12.3. The highest BCUT2D eigenvalue weighted by Crippen LogP contribution is 2.26. The molecule has 0 radical (unpaired) electrons. The van der Waals surface area contributed by atoms with E-state index in [0.29, 0.717) is 12.2 Å². The molecule has 25 heavy (non-hydrogen) atoms. The van der Waals surface area contributed by atoms with Crippen LogP contribution in [0.3, 0.4) is 0 Å². The molecule has 3 aromatic rings. The van der Waals surface area contributed by atoms with Crippen molar-refractivity contribution in [1.29, 1.82) is 0 Å². The van der Waals surface area contributed by atoms with Crippen molar-refractivity contribution in [3.8, 4) is 11.4 Å². The van der Waals surface area contributed by atoms with Crippen molar-refractivity contribution in [1.82, 2.24) is 9.55 Å². The second kappa shape index (κ2) is 6.94. The van der Waals surface area contributed by atoms with Crippen molar-refractivity contribution in [2.24, 2.45) is 5.73 Å². The molecular weight excluding hydrogens is 318 g/mol. The van der Waals surface area contributed by atoms with Crippen molar-refractivity contribution in [3.63, 3.8) is 0 Å². The van der Waals surface area contributed by atoms with Crippen LogP contribution in [-0.2, 0) is 11.2 Å². The first kappa shape index (κ1) is 17.0. The molecule has 0 saturated heterocycles. The summed E-state index contributed by atoms with van der Waals surface area (Å²) >= 11 is 0. The number of aliphatic hydroxyl groups is 1. The van der Waals surface area contributed by atoms with Crippen molar-refractivity contribution in [3.05, 3.63) is 53.9 Å². The van der Waals surface area contributed by atoms with E-state index in [9.17, 15) is 9.90 Å². The number of rotatable bonds is 6. The van der Waals surface area contributed by atoms with Crippen LogP contribution in [0.15, 0.2) is 42.5 Å². The monoisotopic (exact) mass is 339 g/mol. The molecule has 2 aromatic carbocycles. The van der Waals surface area contributed by atoms with Gasteiger partial charge in [-0.15, -0.1) is 0 Å². The van der Waals surface area contributed by atoms with E-state index in [2.05, 4.69) is 4.98 Å². The standard InChI is InChI=1S/C19H21N3O3/c1-12-5-3-8-16-18(12)21-17(9-10-23)22(16)14-6-4-7-15(11-14)25-13(2)19(20)24/h3-8,11,13,23H,9-10H2,1-2H3,(H2,20,24)/t13-/m0/s1. The Balaban J connectivity index is 2.11. The smallest absolute Gasteiger partial charge is 0.258 e. The van der Waals surface area contributed by atoms with E-state index in [1.54, 1.807) is 13.0 Å². The van der Waals surface area contributed by atoms with Crippen LogP contribution in [0.25, 0.3) is 16.7 Å². The van der Waals surface area contributed by atoms with Gasteiger partial charge < -0.3 is 15.6 Å². The molecule has 0 bridgehead atoms. The third kappa shape index (κ3) is 3.34. The minimum absolute atomic E-state index is 0.0112. The molecule has 0 fully saturated rings. The van der Waals surface area contributed by atoms with Gasteiger partial charge in [-0.25, -0.2) is 4.98 Å². The van der Waals surface area contributed by atoms with E-state index in [1.807, 2.05) is 47.9 Å². The van der Waals surface area contributed by atoms with Gasteiger partial charge in [0.2, 0.25) is 0 Å². The third-order valence-corrected chi connectivity index (χ3v) is 4.08. The number of aromatic nitrogens is 2. The van der Waals surface area contributed by atoms with Crippen LogP contribution in [0.2, 0.25) is 0 Å². The van der Waals surface area contributed by atoms with Gasteiger partial charge in [-0.2, -0.15) is 0 Å². The Morgan fingerprint density at radius 1 is 1.32 bits per heavy atom. The number of primary amides is 1. The maximum absolute atomic E-state index is 11.2. The lowest BCUT2D eigenvalue weighted by Gasteiger charge is -2.14. The number of aryl methyl sites for hydroxylation is 1. The predicted molar refractivity (Wildman–Crippen MR) is 95.9 cm³/mol. The van der Waals surface area contributed by atoms with Gasteiger partial charge in [0, 0.05) is 12.5 Å². The molecule has 0 saturated carbocycles. The lowest BCUT2D eigenvalue weighted by Crippen LogP contribution is -2.30. The van der Waals surface area contributed by atoms with Crippen LogP contribution >= 0.6 is 0 Å². The fraction of sp³-hybridized carbons (Fsp3) is 0.263. The summed E-state index contributed by atoms with van der Waals surface area (Å²) in [5.41, 5.74) is 9.06. The summed E-state index contributed by atoms with van der Waals surface area (Å²) in [5, 5.41) is 9.39. The molecule has 1 aromatic heterocycles. The molecule has 3 N–H and O–H groups in total. The number of imidazole rings is 1. The van der Waals surface area contributed by atoms with E-state index in [-0.39, 0.29) is 6.61 Å². The summed E-state index contributed by atoms with van der Waals surface area (Å²) in [5.74, 6) is 0.801. The lowest BCUT2D eigenvalue weighted by molar-refractivity contribution is -0.123. The molecule has 130 valence electrons. The van der Waals surface area contributed by atoms with E-state index in [4.69, 9.17) is 10.5 Å². The van der Waals surface area contributed by atoms with Crippen molar-refractivity contribution in [2.45, 2.75) is 26.4 Å². The number of benzene rings is 2. The van der Waals surface area contributed by atoms with Crippen LogP contribution in [-0.4, -0.2) is 33.3 Å². The first-order valence-corrected chi connectivity index (χ1v) is 8.15. The Hall–Kier alpha value is -2.86. The number of nitrogens with two attached hydrogens (primary N) is 1. The zero-order valence-electron chi connectivity index (χ0n) is 14.3. The van der Waals surface area contributed by atoms with Gasteiger partial charge in [-0.3, -0.25) is 9.36 Å². The number of para-hydroxylation sites is 1. The van der Waals surface area contributed by atoms with E-state index in [0.717, 1.165) is 28.1 Å². The predicted octanol–water partition coefficient (Wildman–Crippen LogP) is 2.12. The number of amides is 1. The summed E-state index contributed by atoms with van der Waals surface area (Å²) in [6.07, 6.45) is -0.273. The van der Waals surface area contributed by atoms with Crippen molar-refractivity contribution < 1.29 is 14.6 Å². The quantitative estimate of drug-likeness (QED) is 0.720. The Kier molecular flexibility index (Phi) is 4.72. The van der Waals surface area contributed by atoms with Gasteiger partial charge >= 0.3 is 0 Å². The van der Waals surface area contributed by atoms with Gasteiger partial charge in [0.25, 0.3) is 5.91 Å². The van der Waals surface area contributed by atoms with E-state index < -0.39 is 12.0 Å². The molecule has 0 aliphatic rings. The first-order chi connectivity index (χ1) is 12.0.